The molecular weight excluding hydrogens is 394 g/mol. The van der Waals surface area contributed by atoms with Gasteiger partial charge >= 0.3 is 0 Å². The van der Waals surface area contributed by atoms with Crippen molar-refractivity contribution >= 4 is 22.5 Å². The first-order valence-electron chi connectivity index (χ1n) is 10.2. The molecule has 4 rings (SSSR count). The van der Waals surface area contributed by atoms with E-state index in [1.807, 2.05) is 24.4 Å². The number of para-hydroxylation sites is 1. The summed E-state index contributed by atoms with van der Waals surface area (Å²) in [6.45, 7) is 2.39. The summed E-state index contributed by atoms with van der Waals surface area (Å²) in [5.41, 5.74) is 3.90. The van der Waals surface area contributed by atoms with Crippen LogP contribution in [0.5, 0.6) is 0 Å². The smallest absolute Gasteiger partial charge is 0.269 e. The third-order valence-corrected chi connectivity index (χ3v) is 5.50. The second-order valence-electron chi connectivity index (χ2n) is 7.40. The average molecular weight is 417 g/mol. The van der Waals surface area contributed by atoms with Gasteiger partial charge in [0.1, 0.15) is 5.76 Å². The second kappa shape index (κ2) is 8.87. The molecule has 0 aliphatic heterocycles. The first-order chi connectivity index (χ1) is 15.1. The Kier molecular flexibility index (Phi) is 5.84. The number of furan rings is 1. The number of hydrogen-bond acceptors (Lipinski definition) is 4. The molecular formula is C24H23N3O4. The zero-order chi connectivity index (χ0) is 21.8. The maximum atomic E-state index is 12.8. The highest BCUT2D eigenvalue weighted by molar-refractivity contribution is 5.88. The van der Waals surface area contributed by atoms with Gasteiger partial charge in [0.05, 0.1) is 17.7 Å². The molecule has 0 saturated carbocycles. The Labute approximate surface area is 179 Å². The Balaban J connectivity index is 1.70. The number of hydrogen-bond donors (Lipinski definition) is 2. The molecule has 0 fully saturated rings. The molecule has 2 heterocycles. The van der Waals surface area contributed by atoms with Crippen molar-refractivity contribution in [3.63, 3.8) is 0 Å². The number of rotatable bonds is 8. The molecule has 1 unspecified atom stereocenters. The first kappa shape index (κ1) is 20.4. The molecule has 0 aliphatic rings. The van der Waals surface area contributed by atoms with Crippen molar-refractivity contribution < 1.29 is 14.1 Å². The van der Waals surface area contributed by atoms with Crippen LogP contribution in [0.1, 0.15) is 41.7 Å². The van der Waals surface area contributed by atoms with Crippen molar-refractivity contribution in [2.24, 2.45) is 0 Å². The average Bonchev–Trinajstić information content (AvgIpc) is 3.46. The number of aromatic nitrogens is 1. The lowest BCUT2D eigenvalue weighted by molar-refractivity contribution is -0.384. The highest BCUT2D eigenvalue weighted by Crippen LogP contribution is 2.35. The van der Waals surface area contributed by atoms with Crippen LogP contribution in [0.3, 0.4) is 0 Å². The number of carbonyl (C=O) groups is 1. The predicted octanol–water partition coefficient (Wildman–Crippen LogP) is 5.07. The van der Waals surface area contributed by atoms with Crippen LogP contribution in [0.4, 0.5) is 5.69 Å². The molecule has 2 N–H and O–H groups in total. The van der Waals surface area contributed by atoms with E-state index in [0.717, 1.165) is 28.5 Å². The number of nitrogens with zero attached hydrogens (tertiary/aromatic N) is 1. The first-order valence-corrected chi connectivity index (χ1v) is 10.2. The van der Waals surface area contributed by atoms with Gasteiger partial charge in [-0.25, -0.2) is 0 Å². The number of amides is 1. The number of benzene rings is 2. The fraction of sp³-hybridized carbons (Fsp3) is 0.208. The number of carbonyl (C=O) groups excluding carboxylic acids is 1. The third-order valence-electron chi connectivity index (χ3n) is 5.50. The molecule has 2 aromatic heterocycles. The highest BCUT2D eigenvalue weighted by Gasteiger charge is 2.23. The molecule has 0 radical (unpaired) electrons. The minimum atomic E-state index is -0.415. The summed E-state index contributed by atoms with van der Waals surface area (Å²) >= 11 is 0. The summed E-state index contributed by atoms with van der Waals surface area (Å²) in [5, 5.41) is 15.2. The summed E-state index contributed by atoms with van der Waals surface area (Å²) < 4.78 is 5.28. The minimum Gasteiger partial charge on any atom is -0.467 e. The summed E-state index contributed by atoms with van der Waals surface area (Å²) in [7, 11) is 0. The van der Waals surface area contributed by atoms with E-state index in [1.54, 1.807) is 30.5 Å². The molecule has 0 aliphatic carbocycles. The van der Waals surface area contributed by atoms with E-state index >= 15 is 0 Å². The number of aryl methyl sites for hydroxylation is 1. The summed E-state index contributed by atoms with van der Waals surface area (Å²) in [5.74, 6) is 0.172. The topological polar surface area (TPSA) is 101 Å². The molecule has 0 bridgehead atoms. The largest absolute Gasteiger partial charge is 0.467 e. The Bertz CT molecular complexity index is 1210. The van der Waals surface area contributed by atoms with Crippen molar-refractivity contribution in [3.05, 3.63) is 99.6 Å². The highest BCUT2D eigenvalue weighted by atomic mass is 16.6. The van der Waals surface area contributed by atoms with Crippen LogP contribution in [0.2, 0.25) is 0 Å². The van der Waals surface area contributed by atoms with E-state index in [-0.39, 0.29) is 23.9 Å². The molecule has 1 amide bonds. The lowest BCUT2D eigenvalue weighted by Gasteiger charge is -2.17. The zero-order valence-electron chi connectivity index (χ0n) is 17.1. The van der Waals surface area contributed by atoms with Crippen molar-refractivity contribution in [2.45, 2.75) is 32.2 Å². The molecule has 31 heavy (non-hydrogen) atoms. The lowest BCUT2D eigenvalue weighted by Crippen LogP contribution is -2.24. The Morgan fingerprint density at radius 1 is 1.19 bits per heavy atom. The van der Waals surface area contributed by atoms with Gasteiger partial charge in [0, 0.05) is 41.6 Å². The number of non-ortho nitro benzene ring substituents is 1. The number of nitro benzene ring substituents is 1. The summed E-state index contributed by atoms with van der Waals surface area (Å²) in [6, 6.07) is 16.2. The molecule has 158 valence electrons. The molecule has 2 aromatic carbocycles. The molecule has 0 spiro atoms. The van der Waals surface area contributed by atoms with Gasteiger partial charge in [0.25, 0.3) is 5.69 Å². The second-order valence-corrected chi connectivity index (χ2v) is 7.40. The van der Waals surface area contributed by atoms with Gasteiger partial charge in [0.15, 0.2) is 0 Å². The maximum absolute atomic E-state index is 12.8. The van der Waals surface area contributed by atoms with Gasteiger partial charge in [-0.3, -0.25) is 14.9 Å². The minimum absolute atomic E-state index is 0.00702. The van der Waals surface area contributed by atoms with E-state index in [1.165, 1.54) is 11.6 Å². The molecule has 7 heteroatoms. The van der Waals surface area contributed by atoms with Gasteiger partial charge < -0.3 is 14.7 Å². The van der Waals surface area contributed by atoms with Gasteiger partial charge in [-0.15, -0.1) is 0 Å². The van der Waals surface area contributed by atoms with Crippen LogP contribution in [0.15, 0.2) is 71.5 Å². The monoisotopic (exact) mass is 417 g/mol. The number of H-pyrrole nitrogens is 1. The number of aromatic amines is 1. The van der Waals surface area contributed by atoms with E-state index in [2.05, 4.69) is 23.3 Å². The summed E-state index contributed by atoms with van der Waals surface area (Å²) in [6.07, 6.45) is 4.51. The van der Waals surface area contributed by atoms with Gasteiger partial charge in [-0.2, -0.15) is 0 Å². The predicted molar refractivity (Wildman–Crippen MR) is 118 cm³/mol. The Morgan fingerprint density at radius 3 is 2.77 bits per heavy atom. The fourth-order valence-corrected chi connectivity index (χ4v) is 3.94. The Morgan fingerprint density at radius 2 is 2.03 bits per heavy atom. The number of nitrogens with one attached hydrogen (secondary N) is 2. The molecule has 4 aromatic rings. The lowest BCUT2D eigenvalue weighted by atomic mass is 9.87. The van der Waals surface area contributed by atoms with E-state index in [9.17, 15) is 14.9 Å². The van der Waals surface area contributed by atoms with E-state index < -0.39 is 4.92 Å². The maximum Gasteiger partial charge on any atom is 0.269 e. The normalized spacial score (nSPS) is 12.0. The third kappa shape index (κ3) is 4.35. The van der Waals surface area contributed by atoms with Crippen LogP contribution >= 0.6 is 0 Å². The van der Waals surface area contributed by atoms with E-state index in [4.69, 9.17) is 4.42 Å². The van der Waals surface area contributed by atoms with Crippen LogP contribution in [0.25, 0.3) is 10.9 Å². The standard InChI is InChI=1S/C24H23N3O4/c1-2-16-6-4-10-20-22(15-26-24(16)20)21(17-7-3-8-18(12-17)27(29)30)13-23(28)25-14-19-9-5-11-31-19/h3-12,15,21,26H,2,13-14H2,1H3,(H,25,28). The Hall–Kier alpha value is -3.87. The van der Waals surface area contributed by atoms with Crippen LogP contribution in [0, 0.1) is 10.1 Å². The number of nitro groups is 1. The van der Waals surface area contributed by atoms with E-state index in [0.29, 0.717) is 12.3 Å². The van der Waals surface area contributed by atoms with Crippen LogP contribution in [-0.4, -0.2) is 15.8 Å². The van der Waals surface area contributed by atoms with Crippen LogP contribution in [-0.2, 0) is 17.8 Å². The van der Waals surface area contributed by atoms with Crippen molar-refractivity contribution in [3.8, 4) is 0 Å². The quantitative estimate of drug-likeness (QED) is 0.309. The van der Waals surface area contributed by atoms with Gasteiger partial charge in [-0.1, -0.05) is 37.3 Å². The fourth-order valence-electron chi connectivity index (χ4n) is 3.94. The molecule has 0 saturated heterocycles. The molecule has 7 nitrogen and oxygen atoms in total. The summed E-state index contributed by atoms with van der Waals surface area (Å²) in [4.78, 5) is 27.0. The van der Waals surface area contributed by atoms with Crippen molar-refractivity contribution in [1.29, 1.82) is 0 Å². The van der Waals surface area contributed by atoms with Crippen molar-refractivity contribution in [2.75, 3.05) is 0 Å². The molecule has 1 atom stereocenters. The van der Waals surface area contributed by atoms with Crippen LogP contribution < -0.4 is 5.32 Å². The number of fused-ring (bicyclic) bond motifs is 1. The van der Waals surface area contributed by atoms with Gasteiger partial charge in [0.2, 0.25) is 5.91 Å². The van der Waals surface area contributed by atoms with Gasteiger partial charge in [-0.05, 0) is 35.2 Å². The zero-order valence-corrected chi connectivity index (χ0v) is 17.1. The SMILES string of the molecule is CCc1cccc2c(C(CC(=O)NCc3ccco3)c3cccc([N+](=O)[O-])c3)c[nH]c12. The van der Waals surface area contributed by atoms with Crippen molar-refractivity contribution in [1.82, 2.24) is 10.3 Å².